The molecule has 1 aliphatic rings. The molecule has 0 spiro atoms. The number of hydrogen-bond donors (Lipinski definition) is 1. The van der Waals surface area contributed by atoms with Crippen LogP contribution < -0.4 is 5.32 Å². The van der Waals surface area contributed by atoms with E-state index in [1.54, 1.807) is 4.90 Å². The molecule has 1 fully saturated rings. The zero-order valence-corrected chi connectivity index (χ0v) is 13.1. The van der Waals surface area contributed by atoms with E-state index in [0.29, 0.717) is 31.8 Å². The highest BCUT2D eigenvalue weighted by atomic mass is 16.2. The maximum atomic E-state index is 12.6. The Morgan fingerprint density at radius 3 is 2.62 bits per heavy atom. The Hall–Kier alpha value is -1.84. The van der Waals surface area contributed by atoms with E-state index in [-0.39, 0.29) is 11.8 Å². The van der Waals surface area contributed by atoms with E-state index in [9.17, 15) is 9.59 Å². The second-order valence-corrected chi connectivity index (χ2v) is 6.34. The van der Waals surface area contributed by atoms with Gasteiger partial charge in [-0.3, -0.25) is 9.59 Å². The van der Waals surface area contributed by atoms with Crippen molar-refractivity contribution in [2.45, 2.75) is 45.7 Å². The van der Waals surface area contributed by atoms with Crippen LogP contribution in [-0.2, 0) is 16.1 Å². The van der Waals surface area contributed by atoms with E-state index < -0.39 is 5.54 Å². The topological polar surface area (TPSA) is 49.4 Å². The van der Waals surface area contributed by atoms with Gasteiger partial charge in [0.1, 0.15) is 5.54 Å². The molecule has 0 aromatic heterocycles. The number of carbonyl (C=O) groups excluding carboxylic acids is 2. The molecule has 2 amide bonds. The van der Waals surface area contributed by atoms with Gasteiger partial charge < -0.3 is 10.2 Å². The van der Waals surface area contributed by atoms with Gasteiger partial charge in [0, 0.05) is 19.5 Å². The minimum atomic E-state index is -0.712. The van der Waals surface area contributed by atoms with E-state index in [0.717, 1.165) is 5.56 Å². The first kappa shape index (κ1) is 15.5. The Bertz CT molecular complexity index is 513. The summed E-state index contributed by atoms with van der Waals surface area (Å²) in [5, 5.41) is 2.97. The van der Waals surface area contributed by atoms with Crippen LogP contribution in [-0.4, -0.2) is 28.8 Å². The van der Waals surface area contributed by atoms with Gasteiger partial charge in [0.2, 0.25) is 11.8 Å². The molecular formula is C17H24N2O2. The lowest BCUT2D eigenvalue weighted by Gasteiger charge is -2.35. The predicted molar refractivity (Wildman–Crippen MR) is 82.5 cm³/mol. The zero-order valence-electron chi connectivity index (χ0n) is 13.1. The Morgan fingerprint density at radius 1 is 1.33 bits per heavy atom. The molecule has 1 aromatic carbocycles. The van der Waals surface area contributed by atoms with Crippen molar-refractivity contribution in [3.05, 3.63) is 35.9 Å². The van der Waals surface area contributed by atoms with Crippen LogP contribution in [0.3, 0.4) is 0 Å². The van der Waals surface area contributed by atoms with E-state index in [2.05, 4.69) is 19.2 Å². The summed E-state index contributed by atoms with van der Waals surface area (Å²) in [6.45, 7) is 7.13. The maximum absolute atomic E-state index is 12.6. The van der Waals surface area contributed by atoms with Crippen molar-refractivity contribution in [3.8, 4) is 0 Å². The van der Waals surface area contributed by atoms with E-state index >= 15 is 0 Å². The van der Waals surface area contributed by atoms with Crippen molar-refractivity contribution in [1.82, 2.24) is 10.2 Å². The third kappa shape index (κ3) is 3.43. The lowest BCUT2D eigenvalue weighted by Crippen LogP contribution is -2.55. The van der Waals surface area contributed by atoms with Gasteiger partial charge in [0.15, 0.2) is 0 Å². The molecular weight excluding hydrogens is 264 g/mol. The van der Waals surface area contributed by atoms with Crippen LogP contribution in [0.15, 0.2) is 30.3 Å². The fraction of sp³-hybridized carbons (Fsp3) is 0.529. The van der Waals surface area contributed by atoms with Gasteiger partial charge >= 0.3 is 0 Å². The Kier molecular flexibility index (Phi) is 4.66. The van der Waals surface area contributed by atoms with E-state index in [1.165, 1.54) is 0 Å². The Labute approximate surface area is 126 Å². The highest BCUT2D eigenvalue weighted by molar-refractivity contribution is 5.94. The maximum Gasteiger partial charge on any atom is 0.245 e. The van der Waals surface area contributed by atoms with Crippen molar-refractivity contribution >= 4 is 11.8 Å². The standard InChI is InChI=1S/C17H24N2O2/c1-13(2)12-19-15(20)9-10-17(19,3)16(21)18-11-14-7-5-4-6-8-14/h4-8,13H,9-12H2,1-3H3,(H,18,21). The van der Waals surface area contributed by atoms with Crippen molar-refractivity contribution < 1.29 is 9.59 Å². The van der Waals surface area contributed by atoms with Gasteiger partial charge in [-0.05, 0) is 24.8 Å². The summed E-state index contributed by atoms with van der Waals surface area (Å²) in [5.41, 5.74) is 0.352. The molecule has 0 saturated carbocycles. The third-order valence-corrected chi connectivity index (χ3v) is 4.06. The molecule has 0 aliphatic carbocycles. The number of nitrogens with zero attached hydrogens (tertiary/aromatic N) is 1. The fourth-order valence-electron chi connectivity index (χ4n) is 2.77. The van der Waals surface area contributed by atoms with Crippen LogP contribution in [0.4, 0.5) is 0 Å². The average Bonchev–Trinajstić information content (AvgIpc) is 2.75. The van der Waals surface area contributed by atoms with Gasteiger partial charge in [0.25, 0.3) is 0 Å². The van der Waals surface area contributed by atoms with E-state index in [4.69, 9.17) is 0 Å². The number of amides is 2. The summed E-state index contributed by atoms with van der Waals surface area (Å²) in [6.07, 6.45) is 1.06. The van der Waals surface area contributed by atoms with E-state index in [1.807, 2.05) is 37.3 Å². The number of rotatable bonds is 5. The fourth-order valence-corrected chi connectivity index (χ4v) is 2.77. The van der Waals surface area contributed by atoms with Crippen molar-refractivity contribution in [1.29, 1.82) is 0 Å². The van der Waals surface area contributed by atoms with Crippen molar-refractivity contribution in [2.75, 3.05) is 6.54 Å². The van der Waals surface area contributed by atoms with Crippen LogP contribution in [0.5, 0.6) is 0 Å². The van der Waals surface area contributed by atoms with Gasteiger partial charge in [-0.15, -0.1) is 0 Å². The molecule has 1 N–H and O–H groups in total. The minimum Gasteiger partial charge on any atom is -0.350 e. The first-order chi connectivity index (χ1) is 9.93. The normalized spacial score (nSPS) is 21.9. The molecule has 0 radical (unpaired) electrons. The number of hydrogen-bond acceptors (Lipinski definition) is 2. The first-order valence-electron chi connectivity index (χ1n) is 7.56. The molecule has 21 heavy (non-hydrogen) atoms. The molecule has 1 unspecified atom stereocenters. The minimum absolute atomic E-state index is 0.0575. The highest BCUT2D eigenvalue weighted by Crippen LogP contribution is 2.31. The lowest BCUT2D eigenvalue weighted by molar-refractivity contribution is -0.141. The van der Waals surface area contributed by atoms with Crippen molar-refractivity contribution in [2.24, 2.45) is 5.92 Å². The molecule has 4 nitrogen and oxygen atoms in total. The molecule has 1 atom stereocenters. The first-order valence-corrected chi connectivity index (χ1v) is 7.56. The average molecular weight is 288 g/mol. The second-order valence-electron chi connectivity index (χ2n) is 6.34. The SMILES string of the molecule is CC(C)CN1C(=O)CCC1(C)C(=O)NCc1ccccc1. The van der Waals surface area contributed by atoms with Gasteiger partial charge in [-0.2, -0.15) is 0 Å². The van der Waals surface area contributed by atoms with Crippen LogP contribution in [0.1, 0.15) is 39.2 Å². The van der Waals surface area contributed by atoms with Gasteiger partial charge in [0.05, 0.1) is 0 Å². The molecule has 1 heterocycles. The monoisotopic (exact) mass is 288 g/mol. The van der Waals surface area contributed by atoms with Crippen LogP contribution in [0, 0.1) is 5.92 Å². The zero-order chi connectivity index (χ0) is 15.5. The number of likely N-dealkylation sites (tertiary alicyclic amines) is 1. The van der Waals surface area contributed by atoms with Crippen LogP contribution in [0.25, 0.3) is 0 Å². The Balaban J connectivity index is 2.04. The summed E-state index contributed by atoms with van der Waals surface area (Å²) in [6, 6.07) is 9.82. The quantitative estimate of drug-likeness (QED) is 0.904. The largest absolute Gasteiger partial charge is 0.350 e. The molecule has 1 saturated heterocycles. The molecule has 0 bridgehead atoms. The smallest absolute Gasteiger partial charge is 0.245 e. The summed E-state index contributed by atoms with van der Waals surface area (Å²) in [4.78, 5) is 26.4. The Morgan fingerprint density at radius 2 is 2.00 bits per heavy atom. The van der Waals surface area contributed by atoms with Crippen LogP contribution in [0.2, 0.25) is 0 Å². The summed E-state index contributed by atoms with van der Waals surface area (Å²) < 4.78 is 0. The lowest BCUT2D eigenvalue weighted by atomic mass is 9.96. The number of nitrogens with one attached hydrogen (secondary N) is 1. The third-order valence-electron chi connectivity index (χ3n) is 4.06. The van der Waals surface area contributed by atoms with Crippen LogP contribution >= 0.6 is 0 Å². The second kappa shape index (κ2) is 6.29. The molecule has 2 rings (SSSR count). The summed E-state index contributed by atoms with van der Waals surface area (Å²) in [7, 11) is 0. The predicted octanol–water partition coefficient (Wildman–Crippen LogP) is 2.34. The molecule has 114 valence electrons. The van der Waals surface area contributed by atoms with Gasteiger partial charge in [-0.1, -0.05) is 44.2 Å². The highest BCUT2D eigenvalue weighted by Gasteiger charge is 2.47. The number of carbonyl (C=O) groups is 2. The van der Waals surface area contributed by atoms with Gasteiger partial charge in [-0.25, -0.2) is 0 Å². The molecule has 1 aromatic rings. The summed E-state index contributed by atoms with van der Waals surface area (Å²) >= 11 is 0. The molecule has 1 aliphatic heterocycles. The number of benzene rings is 1. The van der Waals surface area contributed by atoms with Crippen molar-refractivity contribution in [3.63, 3.8) is 0 Å². The summed E-state index contributed by atoms with van der Waals surface area (Å²) in [5.74, 6) is 0.382. The molecule has 4 heteroatoms.